The van der Waals surface area contributed by atoms with Gasteiger partial charge in [0.1, 0.15) is 5.52 Å². The summed E-state index contributed by atoms with van der Waals surface area (Å²) in [5, 5.41) is 0.0967. The second-order valence-electron chi connectivity index (χ2n) is 4.36. The third-order valence-electron chi connectivity index (χ3n) is 2.77. The highest BCUT2D eigenvalue weighted by Gasteiger charge is 2.17. The second kappa shape index (κ2) is 4.97. The molecule has 3 aromatic rings. The highest BCUT2D eigenvalue weighted by atomic mass is 35.5. The van der Waals surface area contributed by atoms with E-state index in [1.165, 1.54) is 12.4 Å². The Hall–Kier alpha value is -2.19. The van der Waals surface area contributed by atoms with Crippen LogP contribution in [0, 0.1) is 6.92 Å². The Labute approximate surface area is 125 Å². The number of imidazole rings is 1. The van der Waals surface area contributed by atoms with Crippen molar-refractivity contribution in [2.45, 2.75) is 11.8 Å². The molecule has 9 heteroatoms. The van der Waals surface area contributed by atoms with Crippen LogP contribution in [0.4, 0.5) is 5.95 Å². The number of aromatic amines is 1. The van der Waals surface area contributed by atoms with Gasteiger partial charge in [0.2, 0.25) is 5.95 Å². The largest absolute Gasteiger partial charge is 0.341 e. The van der Waals surface area contributed by atoms with Crippen molar-refractivity contribution in [3.63, 3.8) is 0 Å². The number of sulfonamides is 1. The van der Waals surface area contributed by atoms with Gasteiger partial charge in [-0.05, 0) is 24.6 Å². The van der Waals surface area contributed by atoms with E-state index in [1.807, 2.05) is 13.0 Å². The Morgan fingerprint density at radius 2 is 2.10 bits per heavy atom. The summed E-state index contributed by atoms with van der Waals surface area (Å²) >= 11 is 5.95. The van der Waals surface area contributed by atoms with Crippen LogP contribution in [0.15, 0.2) is 35.5 Å². The molecule has 2 heterocycles. The fourth-order valence-electron chi connectivity index (χ4n) is 1.81. The molecule has 0 aliphatic carbocycles. The molecule has 0 radical (unpaired) electrons. The summed E-state index contributed by atoms with van der Waals surface area (Å²) in [5.74, 6) is -0.124. The maximum Gasteiger partial charge on any atom is 0.264 e. The zero-order chi connectivity index (χ0) is 15.0. The summed E-state index contributed by atoms with van der Waals surface area (Å²) in [6.45, 7) is 1.81. The predicted octanol–water partition coefficient (Wildman–Crippen LogP) is 2.12. The van der Waals surface area contributed by atoms with Crippen molar-refractivity contribution < 1.29 is 8.42 Å². The number of rotatable bonds is 3. The van der Waals surface area contributed by atoms with Crippen molar-refractivity contribution in [3.8, 4) is 0 Å². The summed E-state index contributed by atoms with van der Waals surface area (Å²) < 4.78 is 26.9. The first kappa shape index (κ1) is 13.8. The number of aryl methyl sites for hydroxylation is 1. The average Bonchev–Trinajstić information content (AvgIpc) is 2.87. The molecule has 0 amide bonds. The number of fused-ring (bicyclic) bond motifs is 1. The summed E-state index contributed by atoms with van der Waals surface area (Å²) in [5.41, 5.74) is 1.58. The lowest BCUT2D eigenvalue weighted by molar-refractivity contribution is 0.600. The standard InChI is InChI=1S/C12H10ClN5O2S/c1-7-3-2-4-8(5-7)21(19,20)18-12-16-10(13)9-11(17-12)15-6-14-9/h2-6H,1H3,(H2,14,15,16,17,18). The fourth-order valence-corrected chi connectivity index (χ4v) is 3.07. The smallest absolute Gasteiger partial charge is 0.264 e. The molecule has 7 nitrogen and oxygen atoms in total. The van der Waals surface area contributed by atoms with Gasteiger partial charge in [0, 0.05) is 0 Å². The normalized spacial score (nSPS) is 11.7. The Balaban J connectivity index is 2.01. The zero-order valence-corrected chi connectivity index (χ0v) is 12.4. The van der Waals surface area contributed by atoms with E-state index in [9.17, 15) is 8.42 Å². The van der Waals surface area contributed by atoms with Gasteiger partial charge < -0.3 is 4.98 Å². The van der Waals surface area contributed by atoms with E-state index in [2.05, 4.69) is 24.7 Å². The van der Waals surface area contributed by atoms with Gasteiger partial charge in [0.15, 0.2) is 10.8 Å². The van der Waals surface area contributed by atoms with Crippen LogP contribution < -0.4 is 4.72 Å². The zero-order valence-electron chi connectivity index (χ0n) is 10.8. The highest BCUT2D eigenvalue weighted by Crippen LogP contribution is 2.20. The molecule has 0 spiro atoms. The van der Waals surface area contributed by atoms with Crippen LogP contribution >= 0.6 is 11.6 Å². The number of hydrogen-bond acceptors (Lipinski definition) is 5. The molecule has 3 rings (SSSR count). The van der Waals surface area contributed by atoms with Crippen molar-refractivity contribution in [1.82, 2.24) is 19.9 Å². The molecule has 108 valence electrons. The predicted molar refractivity (Wildman–Crippen MR) is 78.7 cm³/mol. The number of hydrogen-bond donors (Lipinski definition) is 2. The van der Waals surface area contributed by atoms with Crippen molar-refractivity contribution in [2.24, 2.45) is 0 Å². The van der Waals surface area contributed by atoms with Crippen LogP contribution in [0.3, 0.4) is 0 Å². The lowest BCUT2D eigenvalue weighted by atomic mass is 10.2. The van der Waals surface area contributed by atoms with Gasteiger partial charge in [-0.1, -0.05) is 23.7 Å². The average molecular weight is 324 g/mol. The summed E-state index contributed by atoms with van der Waals surface area (Å²) in [6, 6.07) is 6.51. The van der Waals surface area contributed by atoms with E-state index in [0.717, 1.165) is 5.56 Å². The van der Waals surface area contributed by atoms with Gasteiger partial charge in [0.25, 0.3) is 10.0 Å². The van der Waals surface area contributed by atoms with Gasteiger partial charge in [0.05, 0.1) is 11.2 Å². The molecule has 0 unspecified atom stereocenters. The molecule has 0 atom stereocenters. The lowest BCUT2D eigenvalue weighted by Gasteiger charge is -2.07. The highest BCUT2D eigenvalue weighted by molar-refractivity contribution is 7.92. The lowest BCUT2D eigenvalue weighted by Crippen LogP contribution is -2.15. The monoisotopic (exact) mass is 323 g/mol. The molecule has 0 aliphatic heterocycles. The molecule has 2 aromatic heterocycles. The van der Waals surface area contributed by atoms with E-state index < -0.39 is 10.0 Å². The van der Waals surface area contributed by atoms with E-state index in [1.54, 1.807) is 12.1 Å². The molecular formula is C12H10ClN5O2S. The van der Waals surface area contributed by atoms with Crippen molar-refractivity contribution in [3.05, 3.63) is 41.3 Å². The first-order chi connectivity index (χ1) is 9.95. The number of H-pyrrole nitrogens is 1. The van der Waals surface area contributed by atoms with Gasteiger partial charge in [-0.2, -0.15) is 9.97 Å². The van der Waals surface area contributed by atoms with Crippen LogP contribution in [0.5, 0.6) is 0 Å². The second-order valence-corrected chi connectivity index (χ2v) is 6.40. The summed E-state index contributed by atoms with van der Waals surface area (Å²) in [4.78, 5) is 14.7. The fraction of sp³-hybridized carbons (Fsp3) is 0.0833. The van der Waals surface area contributed by atoms with Crippen LogP contribution in [-0.2, 0) is 10.0 Å². The minimum atomic E-state index is -3.78. The van der Waals surface area contributed by atoms with Crippen molar-refractivity contribution in [2.75, 3.05) is 4.72 Å². The van der Waals surface area contributed by atoms with Crippen LogP contribution in [0.25, 0.3) is 11.2 Å². The van der Waals surface area contributed by atoms with Crippen LogP contribution in [0.1, 0.15) is 5.56 Å². The van der Waals surface area contributed by atoms with Gasteiger partial charge in [-0.25, -0.2) is 18.1 Å². The van der Waals surface area contributed by atoms with Crippen LogP contribution in [0.2, 0.25) is 5.15 Å². The van der Waals surface area contributed by atoms with E-state index in [0.29, 0.717) is 5.52 Å². The molecule has 21 heavy (non-hydrogen) atoms. The Morgan fingerprint density at radius 3 is 2.86 bits per heavy atom. The SMILES string of the molecule is Cc1cccc(S(=O)(=O)Nc2nc(Cl)c3[nH]cnc3n2)c1. The molecule has 1 aromatic carbocycles. The quantitative estimate of drug-likeness (QED) is 0.719. The molecule has 0 bridgehead atoms. The maximum absolute atomic E-state index is 12.3. The van der Waals surface area contributed by atoms with E-state index >= 15 is 0 Å². The Bertz CT molecular complexity index is 922. The first-order valence-corrected chi connectivity index (χ1v) is 7.78. The third-order valence-corrected chi connectivity index (χ3v) is 4.37. The number of anilines is 1. The molecule has 2 N–H and O–H groups in total. The van der Waals surface area contributed by atoms with E-state index in [4.69, 9.17) is 11.6 Å². The molecule has 0 aliphatic rings. The number of halogens is 1. The van der Waals surface area contributed by atoms with Gasteiger partial charge >= 0.3 is 0 Å². The third kappa shape index (κ3) is 2.67. The number of nitrogens with zero attached hydrogens (tertiary/aromatic N) is 3. The first-order valence-electron chi connectivity index (χ1n) is 5.92. The number of benzene rings is 1. The van der Waals surface area contributed by atoms with Gasteiger partial charge in [-0.3, -0.25) is 0 Å². The topological polar surface area (TPSA) is 101 Å². The minimum Gasteiger partial charge on any atom is -0.341 e. The van der Waals surface area contributed by atoms with Crippen LogP contribution in [-0.4, -0.2) is 28.4 Å². The molecule has 0 saturated carbocycles. The maximum atomic E-state index is 12.3. The number of aromatic nitrogens is 4. The van der Waals surface area contributed by atoms with Crippen molar-refractivity contribution in [1.29, 1.82) is 0 Å². The molecular weight excluding hydrogens is 314 g/mol. The molecule has 0 fully saturated rings. The minimum absolute atomic E-state index is 0.0967. The van der Waals surface area contributed by atoms with Gasteiger partial charge in [-0.15, -0.1) is 0 Å². The van der Waals surface area contributed by atoms with Crippen molar-refractivity contribution >= 4 is 38.7 Å². The molecule has 0 saturated heterocycles. The summed E-state index contributed by atoms with van der Waals surface area (Å²) in [6.07, 6.45) is 1.41. The number of nitrogens with one attached hydrogen (secondary N) is 2. The van der Waals surface area contributed by atoms with E-state index in [-0.39, 0.29) is 21.6 Å². The Kier molecular flexibility index (Phi) is 3.26. The summed E-state index contributed by atoms with van der Waals surface area (Å²) in [7, 11) is -3.78. The Morgan fingerprint density at radius 1 is 1.29 bits per heavy atom.